The second-order valence-electron chi connectivity index (χ2n) is 8.57. The van der Waals surface area contributed by atoms with E-state index in [9.17, 15) is 9.65 Å². The quantitative estimate of drug-likeness (QED) is 0.440. The summed E-state index contributed by atoms with van der Waals surface area (Å²) < 4.78 is 19.0. The SMILES string of the molecule is CC1(Cl)C(c2cccc(N)c2)=CC=CC1c1cc(C#N)c2oc(CN3CC(F)C3)nc2c1. The van der Waals surface area contributed by atoms with Crippen LogP contribution in [0.2, 0.25) is 0 Å². The molecule has 0 saturated carbocycles. The van der Waals surface area contributed by atoms with E-state index in [-0.39, 0.29) is 5.92 Å². The number of rotatable bonds is 4. The maximum Gasteiger partial charge on any atom is 0.209 e. The van der Waals surface area contributed by atoms with Crippen LogP contribution in [0.4, 0.5) is 10.1 Å². The molecule has 2 atom stereocenters. The van der Waals surface area contributed by atoms with E-state index in [0.717, 1.165) is 16.7 Å². The highest BCUT2D eigenvalue weighted by Crippen LogP contribution is 2.48. The number of nitrogen functional groups attached to an aromatic ring is 1. The maximum absolute atomic E-state index is 13.1. The molecule has 7 heteroatoms. The second-order valence-corrected chi connectivity index (χ2v) is 9.36. The average molecular weight is 449 g/mol. The minimum absolute atomic E-state index is 0.190. The van der Waals surface area contributed by atoms with Gasteiger partial charge in [0, 0.05) is 24.7 Å². The van der Waals surface area contributed by atoms with Crippen molar-refractivity contribution < 1.29 is 8.81 Å². The Labute approximate surface area is 190 Å². The predicted octanol–water partition coefficient (Wildman–Crippen LogP) is 5.17. The lowest BCUT2D eigenvalue weighted by molar-refractivity contribution is 0.0524. The molecule has 0 amide bonds. The molecule has 0 bridgehead atoms. The van der Waals surface area contributed by atoms with Gasteiger partial charge in [0.25, 0.3) is 0 Å². The number of anilines is 1. The summed E-state index contributed by atoms with van der Waals surface area (Å²) in [5.41, 5.74) is 10.9. The van der Waals surface area contributed by atoms with Crippen molar-refractivity contribution in [2.45, 2.75) is 30.4 Å². The molecule has 5 rings (SSSR count). The van der Waals surface area contributed by atoms with Gasteiger partial charge in [-0.3, -0.25) is 4.90 Å². The highest BCUT2D eigenvalue weighted by molar-refractivity contribution is 6.31. The molecule has 2 aliphatic rings. The van der Waals surface area contributed by atoms with Crippen molar-refractivity contribution >= 4 is 34.0 Å². The van der Waals surface area contributed by atoms with Crippen LogP contribution in [0, 0.1) is 11.3 Å². The van der Waals surface area contributed by atoms with Gasteiger partial charge in [-0.1, -0.05) is 30.4 Å². The van der Waals surface area contributed by atoms with E-state index < -0.39 is 11.0 Å². The lowest BCUT2D eigenvalue weighted by Gasteiger charge is -2.35. The minimum atomic E-state index is -0.789. The fourth-order valence-electron chi connectivity index (χ4n) is 4.54. The Kier molecular flexibility index (Phi) is 5.04. The Morgan fingerprint density at radius 3 is 2.88 bits per heavy atom. The van der Waals surface area contributed by atoms with E-state index >= 15 is 0 Å². The maximum atomic E-state index is 13.1. The zero-order valence-corrected chi connectivity index (χ0v) is 18.3. The van der Waals surface area contributed by atoms with Gasteiger partial charge >= 0.3 is 0 Å². The third-order valence-corrected chi connectivity index (χ3v) is 6.62. The van der Waals surface area contributed by atoms with Crippen molar-refractivity contribution in [2.24, 2.45) is 0 Å². The van der Waals surface area contributed by atoms with Gasteiger partial charge in [-0.15, -0.1) is 11.6 Å². The van der Waals surface area contributed by atoms with Gasteiger partial charge in [0.15, 0.2) is 5.58 Å². The first-order valence-corrected chi connectivity index (χ1v) is 10.9. The average Bonchev–Trinajstić information content (AvgIpc) is 3.14. The summed E-state index contributed by atoms with van der Waals surface area (Å²) in [6, 6.07) is 13.6. The molecule has 0 spiro atoms. The highest BCUT2D eigenvalue weighted by atomic mass is 35.5. The van der Waals surface area contributed by atoms with Crippen LogP contribution in [0.15, 0.2) is 59.0 Å². The molecule has 1 fully saturated rings. The van der Waals surface area contributed by atoms with Crippen LogP contribution in [-0.4, -0.2) is 34.0 Å². The first-order valence-electron chi connectivity index (χ1n) is 10.5. The van der Waals surface area contributed by atoms with Crippen LogP contribution in [0.3, 0.4) is 0 Å². The molecule has 2 unspecified atom stereocenters. The highest BCUT2D eigenvalue weighted by Gasteiger charge is 2.38. The number of likely N-dealkylation sites (tertiary alicyclic amines) is 1. The van der Waals surface area contributed by atoms with Crippen LogP contribution in [0.25, 0.3) is 16.7 Å². The summed E-state index contributed by atoms with van der Waals surface area (Å²) in [5, 5.41) is 9.76. The minimum Gasteiger partial charge on any atom is -0.438 e. The van der Waals surface area contributed by atoms with E-state index in [0.29, 0.717) is 47.9 Å². The van der Waals surface area contributed by atoms with Crippen molar-refractivity contribution in [3.63, 3.8) is 0 Å². The van der Waals surface area contributed by atoms with Gasteiger partial charge in [-0.2, -0.15) is 5.26 Å². The molecule has 2 N–H and O–H groups in total. The number of benzene rings is 2. The van der Waals surface area contributed by atoms with Crippen molar-refractivity contribution in [3.05, 3.63) is 77.2 Å². The Morgan fingerprint density at radius 2 is 2.16 bits per heavy atom. The molecule has 1 aromatic heterocycles. The normalized spacial score (nSPS) is 23.7. The van der Waals surface area contributed by atoms with Crippen molar-refractivity contribution in [3.8, 4) is 6.07 Å². The van der Waals surface area contributed by atoms with Gasteiger partial charge in [0.05, 0.1) is 17.0 Å². The molecule has 162 valence electrons. The van der Waals surface area contributed by atoms with Crippen molar-refractivity contribution in [1.29, 1.82) is 5.26 Å². The van der Waals surface area contributed by atoms with Gasteiger partial charge < -0.3 is 10.2 Å². The molecule has 5 nitrogen and oxygen atoms in total. The zero-order chi connectivity index (χ0) is 22.5. The molecule has 1 aliphatic heterocycles. The fourth-order valence-corrected chi connectivity index (χ4v) is 4.91. The van der Waals surface area contributed by atoms with Crippen LogP contribution in [-0.2, 0) is 6.54 Å². The van der Waals surface area contributed by atoms with Crippen LogP contribution >= 0.6 is 11.6 Å². The Balaban J connectivity index is 1.51. The predicted molar refractivity (Wildman–Crippen MR) is 124 cm³/mol. The van der Waals surface area contributed by atoms with Gasteiger partial charge in [0.2, 0.25) is 5.89 Å². The zero-order valence-electron chi connectivity index (χ0n) is 17.6. The number of hydrogen-bond donors (Lipinski definition) is 1. The number of halogens is 2. The number of nitrogens with zero attached hydrogens (tertiary/aromatic N) is 3. The van der Waals surface area contributed by atoms with Gasteiger partial charge in [0.1, 0.15) is 17.8 Å². The van der Waals surface area contributed by atoms with Gasteiger partial charge in [-0.05, 0) is 47.9 Å². The third-order valence-electron chi connectivity index (χ3n) is 6.18. The van der Waals surface area contributed by atoms with Gasteiger partial charge in [-0.25, -0.2) is 9.37 Å². The first kappa shape index (κ1) is 20.7. The molecular weight excluding hydrogens is 427 g/mol. The number of oxazole rings is 1. The van der Waals surface area contributed by atoms with Crippen LogP contribution in [0.1, 0.15) is 35.4 Å². The first-order chi connectivity index (χ1) is 15.3. The summed E-state index contributed by atoms with van der Waals surface area (Å²) in [7, 11) is 0. The standard InChI is InChI=1S/C25H22ClFN4O/c1-25(26)20(15-4-2-5-19(29)9-15)6-3-7-21(25)16-8-17(11-28)24-22(10-16)30-23(32-24)14-31-12-18(27)13-31/h2-10,18,21H,12-14,29H2,1H3. The second kappa shape index (κ2) is 7.77. The lowest BCUT2D eigenvalue weighted by atomic mass is 9.76. The molecule has 1 aliphatic carbocycles. The smallest absolute Gasteiger partial charge is 0.209 e. The molecule has 2 heterocycles. The molecular formula is C25H22ClFN4O. The number of alkyl halides is 2. The summed E-state index contributed by atoms with van der Waals surface area (Å²) in [6.07, 6.45) is 5.23. The van der Waals surface area contributed by atoms with Crippen molar-refractivity contribution in [1.82, 2.24) is 9.88 Å². The summed E-state index contributed by atoms with van der Waals surface area (Å²) in [4.78, 5) is 5.74. The Morgan fingerprint density at radius 1 is 1.34 bits per heavy atom. The molecule has 1 saturated heterocycles. The molecule has 32 heavy (non-hydrogen) atoms. The Bertz CT molecular complexity index is 1300. The number of nitriles is 1. The number of aromatic nitrogens is 1. The molecule has 2 aromatic carbocycles. The number of fused-ring (bicyclic) bond motifs is 1. The number of hydrogen-bond acceptors (Lipinski definition) is 5. The van der Waals surface area contributed by atoms with E-state index in [1.54, 1.807) is 0 Å². The molecule has 0 radical (unpaired) electrons. The third kappa shape index (κ3) is 3.58. The van der Waals surface area contributed by atoms with Crippen molar-refractivity contribution in [2.75, 3.05) is 18.8 Å². The Hall–Kier alpha value is -3.14. The van der Waals surface area contributed by atoms with E-state index in [4.69, 9.17) is 21.8 Å². The van der Waals surface area contributed by atoms with E-state index in [1.165, 1.54) is 0 Å². The monoisotopic (exact) mass is 448 g/mol. The topological polar surface area (TPSA) is 79.1 Å². The number of allylic oxidation sites excluding steroid dienone is 4. The summed E-state index contributed by atoms with van der Waals surface area (Å²) >= 11 is 7.16. The lowest BCUT2D eigenvalue weighted by Crippen LogP contribution is -2.47. The number of nitrogens with two attached hydrogens (primary N) is 1. The fraction of sp³-hybridized carbons (Fsp3) is 0.280. The van der Waals surface area contributed by atoms with E-state index in [2.05, 4.69) is 11.1 Å². The largest absolute Gasteiger partial charge is 0.438 e. The summed E-state index contributed by atoms with van der Waals surface area (Å²) in [5.74, 6) is 0.290. The summed E-state index contributed by atoms with van der Waals surface area (Å²) in [6.45, 7) is 3.16. The van der Waals surface area contributed by atoms with Crippen LogP contribution in [0.5, 0.6) is 0 Å². The van der Waals surface area contributed by atoms with Crippen LogP contribution < -0.4 is 5.73 Å². The molecule has 3 aromatic rings. The van der Waals surface area contributed by atoms with E-state index in [1.807, 2.05) is 66.4 Å².